The number of hydrogen-bond acceptors (Lipinski definition) is 4. The van der Waals surface area contributed by atoms with E-state index < -0.39 is 4.92 Å². The Labute approximate surface area is 129 Å². The van der Waals surface area contributed by atoms with Crippen LogP contribution in [0.5, 0.6) is 0 Å². The predicted molar refractivity (Wildman–Crippen MR) is 82.4 cm³/mol. The van der Waals surface area contributed by atoms with Gasteiger partial charge in [0.2, 0.25) is 0 Å². The van der Waals surface area contributed by atoms with Crippen LogP contribution >= 0.6 is 24.0 Å². The van der Waals surface area contributed by atoms with E-state index in [0.717, 1.165) is 25.1 Å². The van der Waals surface area contributed by atoms with Crippen molar-refractivity contribution in [3.8, 4) is 0 Å². The number of benzene rings is 1. The molecule has 1 aromatic rings. The molecule has 1 saturated heterocycles. The van der Waals surface area contributed by atoms with Crippen molar-refractivity contribution in [1.29, 1.82) is 0 Å². The van der Waals surface area contributed by atoms with Gasteiger partial charge in [0.25, 0.3) is 5.69 Å². The minimum absolute atomic E-state index is 0. The van der Waals surface area contributed by atoms with Gasteiger partial charge in [0.1, 0.15) is 5.02 Å². The fraction of sp³-hybridized carbons (Fsp3) is 0.538. The minimum atomic E-state index is -0.440. The Morgan fingerprint density at radius 2 is 2.25 bits per heavy atom. The third kappa shape index (κ3) is 4.31. The van der Waals surface area contributed by atoms with Gasteiger partial charge in [-0.05, 0) is 43.5 Å². The second kappa shape index (κ2) is 7.78. The first-order chi connectivity index (χ1) is 9.10. The average Bonchev–Trinajstić information content (AvgIpc) is 2.41. The Bertz CT molecular complexity index is 471. The molecule has 2 rings (SSSR count). The normalized spacial score (nSPS) is 19.4. The van der Waals surface area contributed by atoms with Crippen molar-refractivity contribution < 1.29 is 4.92 Å². The summed E-state index contributed by atoms with van der Waals surface area (Å²) in [7, 11) is 0. The molecule has 1 aromatic carbocycles. The van der Waals surface area contributed by atoms with Gasteiger partial charge in [0.05, 0.1) is 4.92 Å². The van der Waals surface area contributed by atoms with Gasteiger partial charge in [-0.2, -0.15) is 0 Å². The summed E-state index contributed by atoms with van der Waals surface area (Å²) in [4.78, 5) is 12.7. The molecular formula is C13H19Cl2N3O2. The van der Waals surface area contributed by atoms with E-state index in [1.165, 1.54) is 6.42 Å². The first-order valence-electron chi connectivity index (χ1n) is 6.45. The Morgan fingerprint density at radius 1 is 1.50 bits per heavy atom. The summed E-state index contributed by atoms with van der Waals surface area (Å²) in [5.74, 6) is 0.538. The molecule has 1 aliphatic heterocycles. The van der Waals surface area contributed by atoms with E-state index in [-0.39, 0.29) is 23.1 Å². The van der Waals surface area contributed by atoms with Crippen LogP contribution in [0.2, 0.25) is 5.02 Å². The second-order valence-electron chi connectivity index (χ2n) is 5.02. The summed E-state index contributed by atoms with van der Waals surface area (Å²) in [5.41, 5.74) is 6.61. The summed E-state index contributed by atoms with van der Waals surface area (Å²) in [5, 5.41) is 11.0. The molecule has 112 valence electrons. The van der Waals surface area contributed by atoms with Gasteiger partial charge in [-0.3, -0.25) is 15.0 Å². The number of hydrogen-bond donors (Lipinski definition) is 1. The van der Waals surface area contributed by atoms with E-state index in [4.69, 9.17) is 17.3 Å². The summed E-state index contributed by atoms with van der Waals surface area (Å²) < 4.78 is 0. The number of nitro benzene ring substituents is 1. The maximum atomic E-state index is 10.9. The molecule has 0 spiro atoms. The van der Waals surface area contributed by atoms with Gasteiger partial charge in [-0.15, -0.1) is 12.4 Å². The van der Waals surface area contributed by atoms with Crippen LogP contribution in [0.3, 0.4) is 0 Å². The molecule has 0 aliphatic carbocycles. The Hall–Kier alpha value is -0.880. The van der Waals surface area contributed by atoms with Gasteiger partial charge in [0.15, 0.2) is 0 Å². The predicted octanol–water partition coefficient (Wildman–Crippen LogP) is 2.84. The van der Waals surface area contributed by atoms with Crippen LogP contribution in [0, 0.1) is 16.0 Å². The van der Waals surface area contributed by atoms with Gasteiger partial charge in [-0.25, -0.2) is 0 Å². The lowest BCUT2D eigenvalue weighted by molar-refractivity contribution is -0.384. The lowest BCUT2D eigenvalue weighted by Gasteiger charge is -2.32. The lowest BCUT2D eigenvalue weighted by atomic mass is 9.98. The van der Waals surface area contributed by atoms with E-state index in [2.05, 4.69) is 4.90 Å². The smallest absolute Gasteiger partial charge is 0.288 e. The zero-order chi connectivity index (χ0) is 13.8. The fourth-order valence-electron chi connectivity index (χ4n) is 2.54. The van der Waals surface area contributed by atoms with Gasteiger partial charge < -0.3 is 5.73 Å². The molecule has 1 heterocycles. The highest BCUT2D eigenvalue weighted by molar-refractivity contribution is 6.32. The van der Waals surface area contributed by atoms with Gasteiger partial charge in [0, 0.05) is 19.2 Å². The summed E-state index contributed by atoms with van der Waals surface area (Å²) in [6.07, 6.45) is 2.31. The number of halogens is 2. The number of piperidine rings is 1. The Kier molecular flexibility index (Phi) is 6.68. The van der Waals surface area contributed by atoms with Crippen molar-refractivity contribution in [2.45, 2.75) is 19.4 Å². The van der Waals surface area contributed by atoms with Crippen molar-refractivity contribution in [3.05, 3.63) is 38.9 Å². The standard InChI is InChI=1S/C13H18ClN3O2.ClH/c14-12-4-3-10(6-13(12)17(18)19)8-16-5-1-2-11(7-15)9-16;/h3-4,6,11H,1-2,5,7-9,15H2;1H. The topological polar surface area (TPSA) is 72.4 Å². The van der Waals surface area contributed by atoms with E-state index >= 15 is 0 Å². The molecule has 20 heavy (non-hydrogen) atoms. The SMILES string of the molecule is Cl.NCC1CCCN(Cc2ccc(Cl)c([N+](=O)[O-])c2)C1. The first-order valence-corrected chi connectivity index (χ1v) is 6.83. The van der Waals surface area contributed by atoms with E-state index in [1.54, 1.807) is 12.1 Å². The van der Waals surface area contributed by atoms with Crippen molar-refractivity contribution in [3.63, 3.8) is 0 Å². The van der Waals surface area contributed by atoms with E-state index in [1.807, 2.05) is 6.07 Å². The van der Waals surface area contributed by atoms with Crippen LogP contribution in [0.15, 0.2) is 18.2 Å². The molecule has 1 unspecified atom stereocenters. The molecule has 0 bridgehead atoms. The van der Waals surface area contributed by atoms with Crippen LogP contribution in [0.4, 0.5) is 5.69 Å². The molecule has 1 fully saturated rings. The number of nitrogens with two attached hydrogens (primary N) is 1. The molecule has 5 nitrogen and oxygen atoms in total. The largest absolute Gasteiger partial charge is 0.330 e. The molecule has 0 saturated carbocycles. The quantitative estimate of drug-likeness (QED) is 0.684. The highest BCUT2D eigenvalue weighted by Gasteiger charge is 2.20. The lowest BCUT2D eigenvalue weighted by Crippen LogP contribution is -2.37. The molecule has 0 amide bonds. The van der Waals surface area contributed by atoms with E-state index in [0.29, 0.717) is 19.0 Å². The highest BCUT2D eigenvalue weighted by Crippen LogP contribution is 2.26. The van der Waals surface area contributed by atoms with Crippen molar-refractivity contribution in [2.24, 2.45) is 11.7 Å². The van der Waals surface area contributed by atoms with Gasteiger partial charge >= 0.3 is 0 Å². The highest BCUT2D eigenvalue weighted by atomic mass is 35.5. The van der Waals surface area contributed by atoms with Crippen LogP contribution in [0.1, 0.15) is 18.4 Å². The van der Waals surface area contributed by atoms with Crippen LogP contribution < -0.4 is 5.73 Å². The zero-order valence-electron chi connectivity index (χ0n) is 11.1. The van der Waals surface area contributed by atoms with Crippen molar-refractivity contribution >= 4 is 29.7 Å². The number of likely N-dealkylation sites (tertiary alicyclic amines) is 1. The monoisotopic (exact) mass is 319 g/mol. The minimum Gasteiger partial charge on any atom is -0.330 e. The number of nitro groups is 1. The van der Waals surface area contributed by atoms with E-state index in [9.17, 15) is 10.1 Å². The zero-order valence-corrected chi connectivity index (χ0v) is 12.7. The molecule has 0 aromatic heterocycles. The van der Waals surface area contributed by atoms with Crippen molar-refractivity contribution in [2.75, 3.05) is 19.6 Å². The molecular weight excluding hydrogens is 301 g/mol. The summed E-state index contributed by atoms with van der Waals surface area (Å²) >= 11 is 5.81. The van der Waals surface area contributed by atoms with Crippen LogP contribution in [-0.4, -0.2) is 29.5 Å². The maximum absolute atomic E-state index is 10.9. The first kappa shape index (κ1) is 17.2. The van der Waals surface area contributed by atoms with Crippen LogP contribution in [-0.2, 0) is 6.54 Å². The maximum Gasteiger partial charge on any atom is 0.288 e. The third-order valence-electron chi connectivity index (χ3n) is 3.55. The molecule has 2 N–H and O–H groups in total. The number of rotatable bonds is 4. The molecule has 1 aliphatic rings. The number of nitrogens with zero attached hydrogens (tertiary/aromatic N) is 2. The Morgan fingerprint density at radius 3 is 2.90 bits per heavy atom. The fourth-order valence-corrected chi connectivity index (χ4v) is 2.73. The Balaban J connectivity index is 0.00000200. The summed E-state index contributed by atoms with van der Waals surface area (Å²) in [6, 6.07) is 5.01. The average molecular weight is 320 g/mol. The third-order valence-corrected chi connectivity index (χ3v) is 3.87. The molecule has 0 radical (unpaired) electrons. The molecule has 7 heteroatoms. The summed E-state index contributed by atoms with van der Waals surface area (Å²) in [6.45, 7) is 3.41. The second-order valence-corrected chi connectivity index (χ2v) is 5.43. The van der Waals surface area contributed by atoms with Gasteiger partial charge in [-0.1, -0.05) is 17.7 Å². The van der Waals surface area contributed by atoms with Crippen LogP contribution in [0.25, 0.3) is 0 Å². The molecule has 1 atom stereocenters. The van der Waals surface area contributed by atoms with Crippen molar-refractivity contribution in [1.82, 2.24) is 4.90 Å².